The number of nitrogens with zero attached hydrogens (tertiary/aromatic N) is 4. The molecule has 0 spiro atoms. The van der Waals surface area contributed by atoms with E-state index in [1.54, 1.807) is 19.2 Å². The van der Waals surface area contributed by atoms with E-state index in [2.05, 4.69) is 20.8 Å². The zero-order valence-electron chi connectivity index (χ0n) is 12.6. The number of nitrogens with one attached hydrogen (secondary N) is 1. The second-order valence-corrected chi connectivity index (χ2v) is 4.71. The van der Waals surface area contributed by atoms with Crippen LogP contribution in [0.5, 0.6) is 11.5 Å². The van der Waals surface area contributed by atoms with Gasteiger partial charge in [0, 0.05) is 5.56 Å². The molecule has 0 unspecified atom stereocenters. The summed E-state index contributed by atoms with van der Waals surface area (Å²) < 4.78 is 12.5. The summed E-state index contributed by atoms with van der Waals surface area (Å²) >= 11 is 0. The highest BCUT2D eigenvalue weighted by Crippen LogP contribution is 2.39. The number of fused-ring (bicyclic) bond motifs is 1. The second-order valence-electron chi connectivity index (χ2n) is 4.71. The van der Waals surface area contributed by atoms with Gasteiger partial charge in [-0.25, -0.2) is 4.79 Å². The minimum absolute atomic E-state index is 0.00238. The summed E-state index contributed by atoms with van der Waals surface area (Å²) in [7, 11) is 1.55. The predicted molar refractivity (Wildman–Crippen MR) is 79.5 cm³/mol. The van der Waals surface area contributed by atoms with Crippen molar-refractivity contribution < 1.29 is 19.4 Å². The number of carboxylic acids is 1. The third-order valence-corrected chi connectivity index (χ3v) is 3.39. The van der Waals surface area contributed by atoms with E-state index in [1.165, 1.54) is 10.8 Å². The maximum Gasteiger partial charge on any atom is 0.352 e. The van der Waals surface area contributed by atoms with Crippen LogP contribution < -0.4 is 14.8 Å². The van der Waals surface area contributed by atoms with Crippen molar-refractivity contribution in [1.82, 2.24) is 20.2 Å². The fourth-order valence-electron chi connectivity index (χ4n) is 2.43. The summed E-state index contributed by atoms with van der Waals surface area (Å²) in [6, 6.07) is 4.88. The van der Waals surface area contributed by atoms with Gasteiger partial charge in [-0.2, -0.15) is 4.68 Å². The highest BCUT2D eigenvalue weighted by atomic mass is 16.5. The molecule has 1 aromatic carbocycles. The van der Waals surface area contributed by atoms with Gasteiger partial charge in [-0.05, 0) is 29.5 Å². The lowest BCUT2D eigenvalue weighted by molar-refractivity contribution is -0.132. The Bertz CT molecular complexity index is 770. The summed E-state index contributed by atoms with van der Waals surface area (Å²) in [4.78, 5) is 11.3. The van der Waals surface area contributed by atoms with Gasteiger partial charge in [-0.1, -0.05) is 17.2 Å². The van der Waals surface area contributed by atoms with Crippen LogP contribution in [0.2, 0.25) is 0 Å². The lowest BCUT2D eigenvalue weighted by Gasteiger charge is -2.24. The van der Waals surface area contributed by atoms with E-state index in [4.69, 9.17) is 9.47 Å². The zero-order valence-corrected chi connectivity index (χ0v) is 12.6. The topological polar surface area (TPSA) is 111 Å². The number of rotatable bonds is 5. The van der Waals surface area contributed by atoms with E-state index >= 15 is 0 Å². The quantitative estimate of drug-likeness (QED) is 0.842. The van der Waals surface area contributed by atoms with E-state index in [0.717, 1.165) is 0 Å². The number of aromatic nitrogens is 4. The van der Waals surface area contributed by atoms with Gasteiger partial charge in [-0.15, -0.1) is 0 Å². The van der Waals surface area contributed by atoms with Crippen molar-refractivity contribution >= 4 is 11.9 Å². The van der Waals surface area contributed by atoms with Crippen molar-refractivity contribution in [3.8, 4) is 11.5 Å². The van der Waals surface area contributed by atoms with Crippen LogP contribution in [-0.4, -0.2) is 45.0 Å². The maximum atomic E-state index is 11.3. The van der Waals surface area contributed by atoms with Crippen LogP contribution in [-0.2, 0) is 4.79 Å². The van der Waals surface area contributed by atoms with Gasteiger partial charge in [0.05, 0.1) is 13.7 Å². The summed E-state index contributed by atoms with van der Waals surface area (Å²) in [5.41, 5.74) is 0.711. The molecule has 9 nitrogen and oxygen atoms in total. The van der Waals surface area contributed by atoms with E-state index in [9.17, 15) is 9.90 Å². The predicted octanol–water partition coefficient (Wildman–Crippen LogP) is 1.06. The molecule has 2 N–H and O–H groups in total. The lowest BCUT2D eigenvalue weighted by Crippen LogP contribution is -2.24. The fraction of sp³-hybridized carbons (Fsp3) is 0.286. The summed E-state index contributed by atoms with van der Waals surface area (Å²) in [6.07, 6.45) is 1.53. The Kier molecular flexibility index (Phi) is 3.83. The van der Waals surface area contributed by atoms with Crippen LogP contribution in [0.1, 0.15) is 18.5 Å². The number of allylic oxidation sites excluding steroid dienone is 1. The Morgan fingerprint density at radius 1 is 1.48 bits per heavy atom. The Balaban J connectivity index is 2.16. The van der Waals surface area contributed by atoms with E-state index < -0.39 is 12.0 Å². The van der Waals surface area contributed by atoms with Crippen LogP contribution in [0, 0.1) is 0 Å². The Morgan fingerprint density at radius 2 is 2.30 bits per heavy atom. The van der Waals surface area contributed by atoms with Crippen LogP contribution in [0.3, 0.4) is 0 Å². The molecule has 0 amide bonds. The molecule has 1 atom stereocenters. The first-order chi connectivity index (χ1) is 11.2. The fourth-order valence-corrected chi connectivity index (χ4v) is 2.43. The average molecular weight is 317 g/mol. The summed E-state index contributed by atoms with van der Waals surface area (Å²) in [5.74, 6) is 0.250. The smallest absolute Gasteiger partial charge is 0.352 e. The minimum atomic E-state index is -1.09. The first-order valence-electron chi connectivity index (χ1n) is 6.95. The molecule has 1 aliphatic rings. The normalized spacial score (nSPS) is 16.1. The zero-order chi connectivity index (χ0) is 16.4. The summed E-state index contributed by atoms with van der Waals surface area (Å²) in [6.45, 7) is 2.30. The number of hydrogen-bond acceptors (Lipinski definition) is 7. The van der Waals surface area contributed by atoms with Crippen LogP contribution in [0.4, 0.5) is 5.95 Å². The number of tetrazole rings is 1. The largest absolute Gasteiger partial charge is 0.493 e. The van der Waals surface area contributed by atoms with Gasteiger partial charge in [0.1, 0.15) is 11.7 Å². The molecule has 0 aliphatic carbocycles. The molecule has 0 saturated carbocycles. The SMILES string of the molecule is CCOc1c(OC)cccc1[C@@H]1C=C(C(=O)O)Nc2nnnn21. The lowest BCUT2D eigenvalue weighted by atomic mass is 10.0. The van der Waals surface area contributed by atoms with Gasteiger partial charge in [0.2, 0.25) is 5.95 Å². The monoisotopic (exact) mass is 317 g/mol. The van der Waals surface area contributed by atoms with Gasteiger partial charge >= 0.3 is 5.97 Å². The van der Waals surface area contributed by atoms with Crippen molar-refractivity contribution in [3.63, 3.8) is 0 Å². The number of hydrogen-bond donors (Lipinski definition) is 2. The molecule has 3 rings (SSSR count). The first kappa shape index (κ1) is 14.8. The molecule has 0 saturated heterocycles. The van der Waals surface area contributed by atoms with Gasteiger partial charge in [-0.3, -0.25) is 0 Å². The van der Waals surface area contributed by atoms with E-state index in [1.807, 2.05) is 13.0 Å². The highest BCUT2D eigenvalue weighted by molar-refractivity contribution is 5.90. The van der Waals surface area contributed by atoms with Crippen LogP contribution >= 0.6 is 0 Å². The number of para-hydroxylation sites is 1. The van der Waals surface area contributed by atoms with Crippen molar-refractivity contribution in [1.29, 1.82) is 0 Å². The third-order valence-electron chi connectivity index (χ3n) is 3.39. The number of ether oxygens (including phenoxy) is 2. The molecule has 23 heavy (non-hydrogen) atoms. The number of anilines is 1. The molecular formula is C14H15N5O4. The molecule has 0 fully saturated rings. The van der Waals surface area contributed by atoms with Crippen LogP contribution in [0.15, 0.2) is 30.0 Å². The number of methoxy groups -OCH3 is 1. The van der Waals surface area contributed by atoms with Crippen LogP contribution in [0.25, 0.3) is 0 Å². The van der Waals surface area contributed by atoms with E-state index in [0.29, 0.717) is 23.7 Å². The highest BCUT2D eigenvalue weighted by Gasteiger charge is 2.29. The minimum Gasteiger partial charge on any atom is -0.493 e. The van der Waals surface area contributed by atoms with Gasteiger partial charge < -0.3 is 19.9 Å². The second kappa shape index (κ2) is 5.95. The number of benzene rings is 1. The molecule has 9 heteroatoms. The molecule has 1 aromatic heterocycles. The molecule has 2 heterocycles. The Morgan fingerprint density at radius 3 is 3.00 bits per heavy atom. The first-order valence-corrected chi connectivity index (χ1v) is 6.95. The Hall–Kier alpha value is -3.10. The number of aliphatic carboxylic acids is 1. The van der Waals surface area contributed by atoms with Crippen molar-refractivity contribution in [2.24, 2.45) is 0 Å². The van der Waals surface area contributed by atoms with Crippen molar-refractivity contribution in [2.75, 3.05) is 19.0 Å². The number of carboxylic acid groups (broad SMARTS) is 1. The number of carbonyl (C=O) groups is 1. The third kappa shape index (κ3) is 2.56. The molecule has 0 radical (unpaired) electrons. The molecule has 0 bridgehead atoms. The summed E-state index contributed by atoms with van der Waals surface area (Å²) in [5, 5.41) is 23.3. The Labute approximate surface area is 131 Å². The molecular weight excluding hydrogens is 302 g/mol. The molecule has 2 aromatic rings. The maximum absolute atomic E-state index is 11.3. The van der Waals surface area contributed by atoms with E-state index in [-0.39, 0.29) is 11.6 Å². The molecule has 1 aliphatic heterocycles. The van der Waals surface area contributed by atoms with Crippen molar-refractivity contribution in [3.05, 3.63) is 35.5 Å². The van der Waals surface area contributed by atoms with Gasteiger partial charge in [0.15, 0.2) is 11.5 Å². The average Bonchev–Trinajstić information content (AvgIpc) is 3.03. The van der Waals surface area contributed by atoms with Crippen molar-refractivity contribution in [2.45, 2.75) is 13.0 Å². The van der Waals surface area contributed by atoms with Gasteiger partial charge in [0.25, 0.3) is 0 Å². The molecule has 120 valence electrons. The standard InChI is InChI=1S/C14H15N5O4/c1-3-23-12-8(5-4-6-11(12)22-2)10-7-9(13(20)21)15-14-16-17-18-19(10)14/h4-7,10H,3H2,1-2H3,(H,20,21)(H,15,16,18)/t10-/m0/s1.